The van der Waals surface area contributed by atoms with E-state index >= 15 is 0 Å². The van der Waals surface area contributed by atoms with Crippen LogP contribution in [0.1, 0.15) is 44.2 Å². The third-order valence-corrected chi connectivity index (χ3v) is 6.41. The van der Waals surface area contributed by atoms with Gasteiger partial charge < -0.3 is 21.1 Å². The molecule has 8 heteroatoms. The number of hydrogen-bond acceptors (Lipinski definition) is 7. The Morgan fingerprint density at radius 2 is 1.87 bits per heavy atom. The van der Waals surface area contributed by atoms with Crippen molar-refractivity contribution in [1.29, 1.82) is 0 Å². The molecule has 0 bridgehead atoms. The van der Waals surface area contributed by atoms with Gasteiger partial charge in [-0.05, 0) is 57.4 Å². The first-order valence-corrected chi connectivity index (χ1v) is 11.3. The van der Waals surface area contributed by atoms with Gasteiger partial charge in [0.15, 0.2) is 0 Å². The lowest BCUT2D eigenvalue weighted by molar-refractivity contribution is 0.0699. The minimum atomic E-state index is 0.326. The smallest absolute Gasteiger partial charge is 0.148 e. The van der Waals surface area contributed by atoms with E-state index < -0.39 is 0 Å². The molecule has 1 aliphatic carbocycles. The lowest BCUT2D eigenvalue weighted by Crippen LogP contribution is -2.33. The van der Waals surface area contributed by atoms with Crippen LogP contribution in [-0.4, -0.2) is 46.8 Å². The molecule has 2 aromatic heterocycles. The summed E-state index contributed by atoms with van der Waals surface area (Å²) in [6, 6.07) is 2.69. The van der Waals surface area contributed by atoms with Crippen molar-refractivity contribution in [3.05, 3.63) is 29.2 Å². The van der Waals surface area contributed by atoms with Crippen molar-refractivity contribution >= 4 is 23.2 Å². The van der Waals surface area contributed by atoms with Gasteiger partial charge in [-0.25, -0.2) is 9.97 Å². The topological polar surface area (TPSA) is 98.0 Å². The van der Waals surface area contributed by atoms with Crippen LogP contribution in [0.15, 0.2) is 18.5 Å². The first-order chi connectivity index (χ1) is 14.6. The molecule has 0 unspecified atom stereocenters. The van der Waals surface area contributed by atoms with Gasteiger partial charge in [0, 0.05) is 43.6 Å². The molecule has 2 fully saturated rings. The second kappa shape index (κ2) is 9.90. The van der Waals surface area contributed by atoms with Gasteiger partial charge in [-0.3, -0.25) is 4.98 Å². The zero-order valence-electron chi connectivity index (χ0n) is 17.5. The maximum Gasteiger partial charge on any atom is 0.148 e. The predicted molar refractivity (Wildman–Crippen MR) is 121 cm³/mol. The first kappa shape index (κ1) is 21.3. The first-order valence-electron chi connectivity index (χ1n) is 10.9. The second-order valence-electron chi connectivity index (χ2n) is 8.43. The van der Waals surface area contributed by atoms with Crippen molar-refractivity contribution < 1.29 is 4.74 Å². The van der Waals surface area contributed by atoms with E-state index in [0.29, 0.717) is 23.0 Å². The number of nitrogens with zero attached hydrogens (tertiary/aromatic N) is 3. The number of hydrogen-bond donors (Lipinski definition) is 3. The molecule has 0 radical (unpaired) electrons. The van der Waals surface area contributed by atoms with Gasteiger partial charge in [-0.15, -0.1) is 0 Å². The van der Waals surface area contributed by atoms with E-state index in [1.165, 1.54) is 0 Å². The summed E-state index contributed by atoms with van der Waals surface area (Å²) in [5, 5.41) is 7.58. The molecule has 2 aliphatic rings. The van der Waals surface area contributed by atoms with Gasteiger partial charge in [-0.1, -0.05) is 11.6 Å². The lowest BCUT2D eigenvalue weighted by Gasteiger charge is -2.27. The monoisotopic (exact) mass is 430 g/mol. The van der Waals surface area contributed by atoms with Crippen LogP contribution in [0.25, 0.3) is 11.3 Å². The van der Waals surface area contributed by atoms with Gasteiger partial charge in [0.2, 0.25) is 0 Å². The van der Waals surface area contributed by atoms with Crippen LogP contribution in [-0.2, 0) is 4.74 Å². The maximum absolute atomic E-state index is 6.47. The molecule has 7 nitrogen and oxygen atoms in total. The highest BCUT2D eigenvalue weighted by molar-refractivity contribution is 6.33. The van der Waals surface area contributed by atoms with Crippen LogP contribution >= 0.6 is 11.6 Å². The summed E-state index contributed by atoms with van der Waals surface area (Å²) in [7, 11) is 0. The van der Waals surface area contributed by atoms with Crippen LogP contribution in [0.5, 0.6) is 0 Å². The molecular weight excluding hydrogens is 400 g/mol. The molecule has 1 saturated heterocycles. The molecule has 1 aliphatic heterocycles. The third kappa shape index (κ3) is 5.39. The van der Waals surface area contributed by atoms with Gasteiger partial charge in [-0.2, -0.15) is 0 Å². The molecule has 0 amide bonds. The quantitative estimate of drug-likeness (QED) is 0.636. The van der Waals surface area contributed by atoms with E-state index in [1.54, 1.807) is 12.4 Å². The zero-order valence-corrected chi connectivity index (χ0v) is 18.3. The molecule has 0 atom stereocenters. The number of aryl methyl sites for hydroxylation is 1. The highest BCUT2D eigenvalue weighted by Gasteiger charge is 2.20. The molecule has 4 N–H and O–H groups in total. The molecule has 0 aromatic carbocycles. The Hall–Kier alpha value is -1.96. The fourth-order valence-electron chi connectivity index (χ4n) is 4.12. The second-order valence-corrected chi connectivity index (χ2v) is 8.84. The minimum absolute atomic E-state index is 0.326. The van der Waals surface area contributed by atoms with Crippen LogP contribution in [0.4, 0.5) is 11.6 Å². The molecule has 4 rings (SSSR count). The van der Waals surface area contributed by atoms with E-state index in [4.69, 9.17) is 27.1 Å². The molecule has 1 saturated carbocycles. The Labute approximate surface area is 183 Å². The Morgan fingerprint density at radius 1 is 1.10 bits per heavy atom. The van der Waals surface area contributed by atoms with E-state index in [-0.39, 0.29) is 0 Å². The van der Waals surface area contributed by atoms with Gasteiger partial charge >= 0.3 is 0 Å². The SMILES string of the molecule is Cc1ncc(-c2cc(NC3CCC(N)CC3)ncc2Cl)nc1NCC1CCOCC1. The van der Waals surface area contributed by atoms with Gasteiger partial charge in [0.25, 0.3) is 0 Å². The lowest BCUT2D eigenvalue weighted by atomic mass is 9.92. The number of rotatable bonds is 6. The summed E-state index contributed by atoms with van der Waals surface area (Å²) < 4.78 is 5.45. The molecule has 162 valence electrons. The number of ether oxygens (including phenoxy) is 1. The largest absolute Gasteiger partial charge is 0.381 e. The highest BCUT2D eigenvalue weighted by atomic mass is 35.5. The summed E-state index contributed by atoms with van der Waals surface area (Å²) >= 11 is 6.47. The fraction of sp³-hybridized carbons (Fsp3) is 0.591. The van der Waals surface area contributed by atoms with Gasteiger partial charge in [0.05, 0.1) is 22.6 Å². The van der Waals surface area contributed by atoms with Crippen molar-refractivity contribution in [3.8, 4) is 11.3 Å². The third-order valence-electron chi connectivity index (χ3n) is 6.11. The number of nitrogens with two attached hydrogens (primary N) is 1. The van der Waals surface area contributed by atoms with Crippen LogP contribution in [0.2, 0.25) is 5.02 Å². The predicted octanol–water partition coefficient (Wildman–Crippen LogP) is 4.02. The number of halogens is 1. The van der Waals surface area contributed by atoms with Crippen LogP contribution in [0.3, 0.4) is 0 Å². The number of aromatic nitrogens is 3. The molecule has 2 aromatic rings. The number of anilines is 2. The number of nitrogens with one attached hydrogen (secondary N) is 2. The number of pyridine rings is 1. The minimum Gasteiger partial charge on any atom is -0.381 e. The van der Waals surface area contributed by atoms with Crippen molar-refractivity contribution in [1.82, 2.24) is 15.0 Å². The van der Waals surface area contributed by atoms with Crippen molar-refractivity contribution in [2.24, 2.45) is 11.7 Å². The molecule has 3 heterocycles. The van der Waals surface area contributed by atoms with Crippen molar-refractivity contribution in [3.63, 3.8) is 0 Å². The van der Waals surface area contributed by atoms with Crippen molar-refractivity contribution in [2.45, 2.75) is 57.5 Å². The standard InChI is InChI=1S/C22H31ClN6O/c1-14-22(27-11-15-6-8-30-9-7-15)29-20(13-25-14)18-10-21(26-12-19(18)23)28-17-4-2-16(24)3-5-17/h10,12-13,15-17H,2-9,11,24H2,1H3,(H,26,28)(H,27,29). The fourth-order valence-corrected chi connectivity index (χ4v) is 4.32. The summed E-state index contributed by atoms with van der Waals surface area (Å²) in [4.78, 5) is 13.8. The summed E-state index contributed by atoms with van der Waals surface area (Å²) in [6.45, 7) is 4.53. The van der Waals surface area contributed by atoms with E-state index in [1.807, 2.05) is 13.0 Å². The van der Waals surface area contributed by atoms with Crippen molar-refractivity contribution in [2.75, 3.05) is 30.4 Å². The molecule has 0 spiro atoms. The Bertz CT molecular complexity index is 850. The van der Waals surface area contributed by atoms with Crippen LogP contribution < -0.4 is 16.4 Å². The van der Waals surface area contributed by atoms with E-state index in [2.05, 4.69) is 20.6 Å². The Balaban J connectivity index is 1.48. The zero-order chi connectivity index (χ0) is 20.9. The average molecular weight is 431 g/mol. The summed E-state index contributed by atoms with van der Waals surface area (Å²) in [5.74, 6) is 2.23. The normalized spacial score (nSPS) is 22.6. The Morgan fingerprint density at radius 3 is 2.63 bits per heavy atom. The summed E-state index contributed by atoms with van der Waals surface area (Å²) in [5.41, 5.74) is 8.49. The molecule has 30 heavy (non-hydrogen) atoms. The Kier molecular flexibility index (Phi) is 7.02. The highest BCUT2D eigenvalue weighted by Crippen LogP contribution is 2.30. The average Bonchev–Trinajstić information content (AvgIpc) is 2.77. The summed E-state index contributed by atoms with van der Waals surface area (Å²) in [6.07, 6.45) is 9.83. The van der Waals surface area contributed by atoms with E-state index in [9.17, 15) is 0 Å². The molecular formula is C22H31ClN6O. The maximum atomic E-state index is 6.47. The van der Waals surface area contributed by atoms with Gasteiger partial charge in [0.1, 0.15) is 11.6 Å². The van der Waals surface area contributed by atoms with E-state index in [0.717, 1.165) is 86.9 Å². The van der Waals surface area contributed by atoms with Crippen LogP contribution in [0, 0.1) is 12.8 Å².